The van der Waals surface area contributed by atoms with Gasteiger partial charge in [0.15, 0.2) is 0 Å². The molecule has 0 spiro atoms. The maximum atomic E-state index is 12.4. The van der Waals surface area contributed by atoms with Gasteiger partial charge in [0, 0.05) is 38.1 Å². The molecule has 1 aliphatic heterocycles. The number of hydrogen-bond acceptors (Lipinski definition) is 5. The van der Waals surface area contributed by atoms with Crippen molar-refractivity contribution in [1.82, 2.24) is 15.2 Å². The summed E-state index contributed by atoms with van der Waals surface area (Å²) in [6, 6.07) is 8.02. The maximum Gasteiger partial charge on any atom is 0.252 e. The summed E-state index contributed by atoms with van der Waals surface area (Å²) in [5.41, 5.74) is 4.82. The average Bonchev–Trinajstić information content (AvgIpc) is 2.66. The number of pyridine rings is 1. The lowest BCUT2D eigenvalue weighted by Crippen LogP contribution is -2.41. The number of amides is 1. The Hall–Kier alpha value is -2.44. The second kappa shape index (κ2) is 8.78. The Morgan fingerprint density at radius 1 is 1.12 bits per heavy atom. The van der Waals surface area contributed by atoms with Gasteiger partial charge >= 0.3 is 0 Å². The minimum absolute atomic E-state index is 0.102. The predicted molar refractivity (Wildman–Crippen MR) is 103 cm³/mol. The van der Waals surface area contributed by atoms with E-state index in [0.29, 0.717) is 12.1 Å². The van der Waals surface area contributed by atoms with Crippen molar-refractivity contribution in [3.63, 3.8) is 0 Å². The van der Waals surface area contributed by atoms with Gasteiger partial charge in [-0.2, -0.15) is 0 Å². The van der Waals surface area contributed by atoms with E-state index in [1.165, 1.54) is 11.1 Å². The van der Waals surface area contributed by atoms with Crippen LogP contribution in [0.1, 0.15) is 21.5 Å². The zero-order valence-corrected chi connectivity index (χ0v) is 15.4. The molecule has 6 nitrogen and oxygen atoms in total. The lowest BCUT2D eigenvalue weighted by Gasteiger charge is -2.26. The number of aryl methyl sites for hydroxylation is 2. The zero-order valence-electron chi connectivity index (χ0n) is 15.4. The van der Waals surface area contributed by atoms with Crippen molar-refractivity contribution in [1.29, 1.82) is 0 Å². The van der Waals surface area contributed by atoms with Crippen LogP contribution in [0.2, 0.25) is 0 Å². The van der Waals surface area contributed by atoms with E-state index in [4.69, 9.17) is 4.74 Å². The third kappa shape index (κ3) is 5.03. The Morgan fingerprint density at radius 3 is 2.69 bits per heavy atom. The number of nitrogens with one attached hydrogen (secondary N) is 2. The molecule has 1 amide bonds. The fourth-order valence-corrected chi connectivity index (χ4v) is 2.87. The Morgan fingerprint density at radius 2 is 1.92 bits per heavy atom. The molecule has 1 aromatic carbocycles. The molecule has 0 radical (unpaired) electrons. The molecule has 1 fully saturated rings. The molecule has 1 saturated heterocycles. The molecule has 1 aliphatic rings. The molecule has 26 heavy (non-hydrogen) atoms. The van der Waals surface area contributed by atoms with Crippen LogP contribution in [-0.4, -0.2) is 55.2 Å². The topological polar surface area (TPSA) is 66.5 Å². The smallest absolute Gasteiger partial charge is 0.252 e. The van der Waals surface area contributed by atoms with Crippen molar-refractivity contribution in [3.8, 4) is 0 Å². The van der Waals surface area contributed by atoms with E-state index in [0.717, 1.165) is 44.2 Å². The van der Waals surface area contributed by atoms with Gasteiger partial charge < -0.3 is 15.4 Å². The number of aromatic nitrogens is 1. The third-order valence-electron chi connectivity index (χ3n) is 4.61. The largest absolute Gasteiger partial charge is 0.379 e. The van der Waals surface area contributed by atoms with E-state index in [1.54, 1.807) is 12.4 Å². The van der Waals surface area contributed by atoms with Crippen LogP contribution in [0.5, 0.6) is 0 Å². The van der Waals surface area contributed by atoms with Crippen LogP contribution in [-0.2, 0) is 4.74 Å². The van der Waals surface area contributed by atoms with Crippen LogP contribution in [0.25, 0.3) is 0 Å². The van der Waals surface area contributed by atoms with E-state index < -0.39 is 0 Å². The second-order valence-corrected chi connectivity index (χ2v) is 6.60. The van der Waals surface area contributed by atoms with Gasteiger partial charge in [0.05, 0.1) is 30.7 Å². The van der Waals surface area contributed by atoms with Crippen LogP contribution in [0.3, 0.4) is 0 Å². The number of carbonyl (C=O) groups is 1. The van der Waals surface area contributed by atoms with Gasteiger partial charge in [-0.05, 0) is 43.2 Å². The van der Waals surface area contributed by atoms with Gasteiger partial charge in [0.2, 0.25) is 0 Å². The first-order chi connectivity index (χ1) is 12.6. The summed E-state index contributed by atoms with van der Waals surface area (Å²) in [5.74, 6) is -0.102. The fourth-order valence-electron chi connectivity index (χ4n) is 2.87. The van der Waals surface area contributed by atoms with E-state index in [9.17, 15) is 4.79 Å². The predicted octanol–water partition coefficient (Wildman–Crippen LogP) is 2.50. The summed E-state index contributed by atoms with van der Waals surface area (Å²) in [6.07, 6.45) is 3.31. The molecular formula is C20H26N4O2. The van der Waals surface area contributed by atoms with E-state index in [-0.39, 0.29) is 5.91 Å². The molecule has 2 N–H and O–H groups in total. The molecule has 1 aromatic heterocycles. The van der Waals surface area contributed by atoms with Crippen LogP contribution >= 0.6 is 0 Å². The van der Waals surface area contributed by atoms with Crippen molar-refractivity contribution in [2.45, 2.75) is 13.8 Å². The van der Waals surface area contributed by atoms with Crippen molar-refractivity contribution in [2.24, 2.45) is 0 Å². The monoisotopic (exact) mass is 354 g/mol. The maximum absolute atomic E-state index is 12.4. The van der Waals surface area contributed by atoms with Gasteiger partial charge in [-0.1, -0.05) is 6.07 Å². The number of nitrogens with zero attached hydrogens (tertiary/aromatic N) is 2. The lowest BCUT2D eigenvalue weighted by molar-refractivity contribution is 0.0383. The van der Waals surface area contributed by atoms with Crippen LogP contribution in [0.4, 0.5) is 11.4 Å². The molecule has 0 unspecified atom stereocenters. The highest BCUT2D eigenvalue weighted by Gasteiger charge is 2.11. The van der Waals surface area contributed by atoms with E-state index in [2.05, 4.69) is 46.5 Å². The molecule has 138 valence electrons. The first-order valence-electron chi connectivity index (χ1n) is 8.99. The van der Waals surface area contributed by atoms with Crippen molar-refractivity contribution in [3.05, 3.63) is 53.3 Å². The van der Waals surface area contributed by atoms with Crippen LogP contribution in [0.15, 0.2) is 36.7 Å². The van der Waals surface area contributed by atoms with Gasteiger partial charge in [-0.3, -0.25) is 14.7 Å². The number of ether oxygens (including phenoxy) is 1. The second-order valence-electron chi connectivity index (χ2n) is 6.60. The molecular weight excluding hydrogens is 328 g/mol. The Bertz CT molecular complexity index is 757. The number of rotatable bonds is 6. The average molecular weight is 354 g/mol. The standard InChI is InChI=1S/C20H26N4O2/c1-15-3-4-18(11-16(15)2)23-19-12-17(13-21-14-19)20(25)22-5-6-24-7-9-26-10-8-24/h3-4,11-14,23H,5-10H2,1-2H3,(H,22,25). The molecule has 2 aromatic rings. The molecule has 2 heterocycles. The summed E-state index contributed by atoms with van der Waals surface area (Å²) in [5, 5.41) is 6.28. The lowest BCUT2D eigenvalue weighted by atomic mass is 10.1. The number of benzene rings is 1. The normalized spacial score (nSPS) is 14.8. The molecule has 0 aliphatic carbocycles. The Kier molecular flexibility index (Phi) is 6.20. The van der Waals surface area contributed by atoms with E-state index in [1.807, 2.05) is 12.1 Å². The van der Waals surface area contributed by atoms with Crippen molar-refractivity contribution >= 4 is 17.3 Å². The zero-order chi connectivity index (χ0) is 18.4. The summed E-state index contributed by atoms with van der Waals surface area (Å²) in [4.78, 5) is 18.8. The van der Waals surface area contributed by atoms with Crippen molar-refractivity contribution in [2.75, 3.05) is 44.7 Å². The first kappa shape index (κ1) is 18.4. The molecule has 0 atom stereocenters. The van der Waals surface area contributed by atoms with Gasteiger partial charge in [-0.15, -0.1) is 0 Å². The number of carbonyl (C=O) groups excluding carboxylic acids is 1. The van der Waals surface area contributed by atoms with Gasteiger partial charge in [0.25, 0.3) is 5.91 Å². The number of anilines is 2. The third-order valence-corrected chi connectivity index (χ3v) is 4.61. The molecule has 6 heteroatoms. The van der Waals surface area contributed by atoms with Gasteiger partial charge in [0.1, 0.15) is 0 Å². The number of morpholine rings is 1. The minimum Gasteiger partial charge on any atom is -0.379 e. The van der Waals surface area contributed by atoms with Crippen molar-refractivity contribution < 1.29 is 9.53 Å². The SMILES string of the molecule is Cc1ccc(Nc2cncc(C(=O)NCCN3CCOCC3)c2)cc1C. The molecule has 0 bridgehead atoms. The Labute approximate surface area is 154 Å². The summed E-state index contributed by atoms with van der Waals surface area (Å²) < 4.78 is 5.33. The highest BCUT2D eigenvalue weighted by molar-refractivity contribution is 5.94. The fraction of sp³-hybridized carbons (Fsp3) is 0.400. The van der Waals surface area contributed by atoms with Gasteiger partial charge in [-0.25, -0.2) is 0 Å². The molecule has 3 rings (SSSR count). The quantitative estimate of drug-likeness (QED) is 0.834. The van der Waals surface area contributed by atoms with E-state index >= 15 is 0 Å². The minimum atomic E-state index is -0.102. The first-order valence-corrected chi connectivity index (χ1v) is 8.99. The Balaban J connectivity index is 1.55. The van der Waals surface area contributed by atoms with Crippen LogP contribution < -0.4 is 10.6 Å². The summed E-state index contributed by atoms with van der Waals surface area (Å²) in [7, 11) is 0. The summed E-state index contributed by atoms with van der Waals surface area (Å²) in [6.45, 7) is 9.00. The molecule has 0 saturated carbocycles. The highest BCUT2D eigenvalue weighted by atomic mass is 16.5. The summed E-state index contributed by atoms with van der Waals surface area (Å²) >= 11 is 0. The van der Waals surface area contributed by atoms with Crippen LogP contribution in [0, 0.1) is 13.8 Å². The highest BCUT2D eigenvalue weighted by Crippen LogP contribution is 2.19. The number of hydrogen-bond donors (Lipinski definition) is 2.